The van der Waals surface area contributed by atoms with Gasteiger partial charge >= 0.3 is 0 Å². The van der Waals surface area contributed by atoms with Crippen molar-refractivity contribution >= 4 is 50.7 Å². The molecule has 1 aliphatic carbocycles. The fourth-order valence-electron chi connectivity index (χ4n) is 5.41. The molecule has 3 aromatic carbocycles. The minimum atomic E-state index is -3.92. The Morgan fingerprint density at radius 3 is 2.35 bits per heavy atom. The number of benzene rings is 3. The number of nitrogens with zero attached hydrogens (tertiary/aromatic N) is 2. The van der Waals surface area contributed by atoms with E-state index in [1.165, 1.54) is 11.0 Å². The van der Waals surface area contributed by atoms with Crippen molar-refractivity contribution in [1.82, 2.24) is 10.2 Å². The number of carbonyl (C=O) groups excluding carboxylic acids is 2. The maximum atomic E-state index is 14.3. The van der Waals surface area contributed by atoms with Crippen molar-refractivity contribution in [2.75, 3.05) is 23.9 Å². The zero-order chi connectivity index (χ0) is 30.6. The third kappa shape index (κ3) is 7.74. The van der Waals surface area contributed by atoms with Crippen molar-refractivity contribution in [3.8, 4) is 11.5 Å². The molecule has 2 amide bonds. The van der Waals surface area contributed by atoms with E-state index < -0.39 is 28.5 Å². The monoisotopic (exact) mass is 645 g/mol. The summed E-state index contributed by atoms with van der Waals surface area (Å²) in [6.07, 6.45) is 5.06. The summed E-state index contributed by atoms with van der Waals surface area (Å²) < 4.78 is 37.9. The zero-order valence-corrected chi connectivity index (χ0v) is 26.0. The summed E-state index contributed by atoms with van der Waals surface area (Å²) in [4.78, 5) is 29.6. The number of halogens is 2. The van der Waals surface area contributed by atoms with Gasteiger partial charge in [0.05, 0.1) is 22.0 Å². The van der Waals surface area contributed by atoms with Gasteiger partial charge in [-0.15, -0.1) is 0 Å². The predicted molar refractivity (Wildman–Crippen MR) is 166 cm³/mol. The molecular formula is C31H33Cl2N3O6S. The summed E-state index contributed by atoms with van der Waals surface area (Å²) in [6.45, 7) is -0.517. The van der Waals surface area contributed by atoms with Crippen molar-refractivity contribution < 1.29 is 27.5 Å². The number of ether oxygens (including phenoxy) is 2. The third-order valence-electron chi connectivity index (χ3n) is 7.63. The average molecular weight is 647 g/mol. The molecular weight excluding hydrogens is 613 g/mol. The summed E-state index contributed by atoms with van der Waals surface area (Å²) in [5.74, 6) is 0.00949. The molecule has 0 unspecified atom stereocenters. The minimum absolute atomic E-state index is 0.00402. The van der Waals surface area contributed by atoms with Crippen LogP contribution in [-0.4, -0.2) is 56.8 Å². The number of anilines is 1. The van der Waals surface area contributed by atoms with E-state index in [0.717, 1.165) is 41.8 Å². The van der Waals surface area contributed by atoms with Gasteiger partial charge in [-0.2, -0.15) is 0 Å². The Morgan fingerprint density at radius 1 is 0.930 bits per heavy atom. The van der Waals surface area contributed by atoms with Crippen LogP contribution in [0.4, 0.5) is 5.69 Å². The van der Waals surface area contributed by atoms with E-state index in [-0.39, 0.29) is 37.4 Å². The summed E-state index contributed by atoms with van der Waals surface area (Å²) >= 11 is 12.5. The van der Waals surface area contributed by atoms with Crippen LogP contribution in [0.3, 0.4) is 0 Å². The van der Waals surface area contributed by atoms with Crippen LogP contribution in [0.2, 0.25) is 10.0 Å². The van der Waals surface area contributed by atoms with Crippen LogP contribution in [0, 0.1) is 0 Å². The summed E-state index contributed by atoms with van der Waals surface area (Å²) in [5.41, 5.74) is 1.74. The van der Waals surface area contributed by atoms with Crippen LogP contribution in [0.25, 0.3) is 0 Å². The smallest absolute Gasteiger partial charge is 0.244 e. The first-order chi connectivity index (χ1) is 20.6. The lowest BCUT2D eigenvalue weighted by atomic mass is 10.0. The highest BCUT2D eigenvalue weighted by Gasteiger charge is 2.34. The summed E-state index contributed by atoms with van der Waals surface area (Å²) in [6, 6.07) is 18.2. The quantitative estimate of drug-likeness (QED) is 0.308. The molecule has 1 aliphatic heterocycles. The van der Waals surface area contributed by atoms with Gasteiger partial charge in [-0.25, -0.2) is 8.42 Å². The molecule has 43 heavy (non-hydrogen) atoms. The van der Waals surface area contributed by atoms with E-state index in [0.29, 0.717) is 27.1 Å². The minimum Gasteiger partial charge on any atom is -0.454 e. The Hall–Kier alpha value is -3.47. The van der Waals surface area contributed by atoms with Crippen LogP contribution >= 0.6 is 23.2 Å². The van der Waals surface area contributed by atoms with Gasteiger partial charge in [-0.05, 0) is 48.2 Å². The first-order valence-corrected chi connectivity index (χ1v) is 16.6. The molecule has 228 valence electrons. The second kappa shape index (κ2) is 13.4. The largest absolute Gasteiger partial charge is 0.454 e. The second-order valence-electron chi connectivity index (χ2n) is 10.8. The highest BCUT2D eigenvalue weighted by Crippen LogP contribution is 2.36. The second-order valence-corrected chi connectivity index (χ2v) is 13.5. The van der Waals surface area contributed by atoms with E-state index in [1.54, 1.807) is 30.3 Å². The van der Waals surface area contributed by atoms with E-state index in [1.807, 2.05) is 30.3 Å². The lowest BCUT2D eigenvalue weighted by Crippen LogP contribution is -2.54. The molecule has 12 heteroatoms. The van der Waals surface area contributed by atoms with Crippen LogP contribution < -0.4 is 19.1 Å². The normalized spacial score (nSPS) is 15.2. The fraction of sp³-hybridized carbons (Fsp3) is 0.355. The standard InChI is InChI=1S/C31H33Cl2N3O6S/c1-43(39,40)36(24-12-14-28-29(17-24)42-20-41-28)19-30(37)35(18-22-11-13-25(32)26(33)15-22)27(16-21-7-3-2-4-8-21)31(38)34-23-9-5-6-10-23/h2-4,7-8,11-15,17,23,27H,5-6,9-10,16,18-20H2,1H3,(H,34,38)/t27-/m1/s1. The average Bonchev–Trinajstić information content (AvgIpc) is 3.67. The Labute approximate surface area is 261 Å². The van der Waals surface area contributed by atoms with Gasteiger partial charge in [0, 0.05) is 25.1 Å². The molecule has 1 heterocycles. The van der Waals surface area contributed by atoms with Gasteiger partial charge in [0.2, 0.25) is 28.6 Å². The molecule has 1 saturated carbocycles. The Morgan fingerprint density at radius 2 is 1.65 bits per heavy atom. The summed E-state index contributed by atoms with van der Waals surface area (Å²) in [5, 5.41) is 3.80. The molecule has 5 rings (SSSR count). The van der Waals surface area contributed by atoms with Gasteiger partial charge in [0.1, 0.15) is 12.6 Å². The lowest BCUT2D eigenvalue weighted by molar-refractivity contribution is -0.140. The van der Waals surface area contributed by atoms with Crippen LogP contribution in [0.15, 0.2) is 66.7 Å². The van der Waals surface area contributed by atoms with Gasteiger partial charge in [-0.1, -0.05) is 72.4 Å². The van der Waals surface area contributed by atoms with Crippen molar-refractivity contribution in [2.24, 2.45) is 0 Å². The van der Waals surface area contributed by atoms with Gasteiger partial charge in [0.15, 0.2) is 11.5 Å². The molecule has 1 N–H and O–H groups in total. The number of sulfonamides is 1. The molecule has 0 spiro atoms. The predicted octanol–water partition coefficient (Wildman–Crippen LogP) is 5.19. The Balaban J connectivity index is 1.51. The van der Waals surface area contributed by atoms with E-state index >= 15 is 0 Å². The number of hydrogen-bond acceptors (Lipinski definition) is 6. The molecule has 1 fully saturated rings. The molecule has 0 bridgehead atoms. The molecule has 1 atom stereocenters. The van der Waals surface area contributed by atoms with Crippen LogP contribution in [0.1, 0.15) is 36.8 Å². The van der Waals surface area contributed by atoms with Crippen molar-refractivity contribution in [2.45, 2.75) is 50.7 Å². The van der Waals surface area contributed by atoms with Crippen molar-refractivity contribution in [3.63, 3.8) is 0 Å². The lowest BCUT2D eigenvalue weighted by Gasteiger charge is -2.34. The molecule has 3 aromatic rings. The SMILES string of the molecule is CS(=O)(=O)N(CC(=O)N(Cc1ccc(Cl)c(Cl)c1)[C@H](Cc1ccccc1)C(=O)NC1CCCC1)c1ccc2c(c1)OCO2. The number of nitrogens with one attached hydrogen (secondary N) is 1. The van der Waals surface area contributed by atoms with Crippen molar-refractivity contribution in [3.05, 3.63) is 87.9 Å². The molecule has 2 aliphatic rings. The van der Waals surface area contributed by atoms with Gasteiger partial charge in [0.25, 0.3) is 0 Å². The highest BCUT2D eigenvalue weighted by molar-refractivity contribution is 7.92. The summed E-state index contributed by atoms with van der Waals surface area (Å²) in [7, 11) is -3.92. The number of hydrogen-bond donors (Lipinski definition) is 1. The maximum Gasteiger partial charge on any atom is 0.244 e. The highest BCUT2D eigenvalue weighted by atomic mass is 35.5. The van der Waals surface area contributed by atoms with E-state index in [9.17, 15) is 18.0 Å². The van der Waals surface area contributed by atoms with Crippen LogP contribution in [0.5, 0.6) is 11.5 Å². The Kier molecular flexibility index (Phi) is 9.68. The first-order valence-electron chi connectivity index (χ1n) is 14.0. The maximum absolute atomic E-state index is 14.3. The number of rotatable bonds is 11. The molecule has 0 aromatic heterocycles. The number of amides is 2. The molecule has 9 nitrogen and oxygen atoms in total. The molecule has 0 saturated heterocycles. The molecule has 0 radical (unpaired) electrons. The third-order valence-corrected chi connectivity index (χ3v) is 9.51. The Bertz CT molecular complexity index is 1580. The fourth-order valence-corrected chi connectivity index (χ4v) is 6.57. The van der Waals surface area contributed by atoms with Crippen LogP contribution in [-0.2, 0) is 32.6 Å². The first kappa shape index (κ1) is 31.0. The number of carbonyl (C=O) groups is 2. The van der Waals surface area contributed by atoms with Gasteiger partial charge < -0.3 is 19.7 Å². The zero-order valence-electron chi connectivity index (χ0n) is 23.7. The van der Waals surface area contributed by atoms with Gasteiger partial charge in [-0.3, -0.25) is 13.9 Å². The number of fused-ring (bicyclic) bond motifs is 1. The van der Waals surface area contributed by atoms with E-state index in [4.69, 9.17) is 32.7 Å². The van der Waals surface area contributed by atoms with E-state index in [2.05, 4.69) is 5.32 Å². The van der Waals surface area contributed by atoms with Crippen molar-refractivity contribution in [1.29, 1.82) is 0 Å². The topological polar surface area (TPSA) is 105 Å².